The second-order valence-corrected chi connectivity index (χ2v) is 20.9. The fourth-order valence-corrected chi connectivity index (χ4v) is 11.6. The Morgan fingerprint density at radius 1 is 0.544 bits per heavy atom. The molecule has 13 rings (SSSR count). The van der Waals surface area contributed by atoms with E-state index in [4.69, 9.17) is 19.7 Å². The zero-order chi connectivity index (χ0) is 55.7. The number of carbonyl (C=O) groups is 8. The largest absolute Gasteiger partial charge is 0.466 e. The number of aliphatic hydroxyl groups is 2. The first kappa shape index (κ1) is 56.0. The summed E-state index contributed by atoms with van der Waals surface area (Å²) >= 11 is 0. The van der Waals surface area contributed by atoms with E-state index in [1.165, 1.54) is 40.6 Å². The van der Waals surface area contributed by atoms with E-state index >= 15 is 0 Å². The molecule has 6 aliphatic heterocycles. The van der Waals surface area contributed by atoms with Crippen LogP contribution in [-0.4, -0.2) is 142 Å². The van der Waals surface area contributed by atoms with Gasteiger partial charge in [0, 0.05) is 45.0 Å². The molecule has 0 spiro atoms. The average Bonchev–Trinajstić information content (AvgIpc) is 4.32. The summed E-state index contributed by atoms with van der Waals surface area (Å²) in [5, 5.41) is 24.8. The van der Waals surface area contributed by atoms with Crippen LogP contribution in [0, 0.1) is 59.2 Å². The van der Waals surface area contributed by atoms with Gasteiger partial charge in [-0.05, 0) is 84.7 Å². The lowest BCUT2D eigenvalue weighted by Gasteiger charge is -2.18. The van der Waals surface area contributed by atoms with Gasteiger partial charge in [-0.15, -0.1) is 0 Å². The molecule has 4 N–H and O–H groups in total. The Kier molecular flexibility index (Phi) is 18.0. The molecule has 8 atom stereocenters. The molecule has 0 aromatic heterocycles. The fraction of sp³-hybridized carbons (Fsp3) is 0.417. The number of aliphatic hydroxyl groups excluding tert-OH is 2. The molecule has 0 radical (unpaired) electrons. The number of piperidine rings is 3. The summed E-state index contributed by atoms with van der Waals surface area (Å²) in [7, 11) is 0. The van der Waals surface area contributed by atoms with Crippen molar-refractivity contribution in [3.63, 3.8) is 0 Å². The van der Waals surface area contributed by atoms with Gasteiger partial charge in [0.05, 0.1) is 50.6 Å². The van der Waals surface area contributed by atoms with Crippen LogP contribution in [0.3, 0.4) is 0 Å². The summed E-state index contributed by atoms with van der Waals surface area (Å²) < 4.78 is 9.77. The summed E-state index contributed by atoms with van der Waals surface area (Å²) in [5.41, 5.74) is 6.66. The SMILES string of the molecule is CCOC(=O)C1=NNC2C(=O)N(Cc3ccccc3)C(=O)C12.CCOC(=O)C1C2C(=O)N(Cc3ccccc3)C(=O)C12.O=C1C=CC(=O)N1Cc1ccccc1.OCC1C2CN(Cc3ccccc3)CC12.OCC1C2CNCC12. The Balaban J connectivity index is 0.000000123. The van der Waals surface area contributed by atoms with Gasteiger partial charge in [-0.2, -0.15) is 5.10 Å². The van der Waals surface area contributed by atoms with E-state index < -0.39 is 47.6 Å². The maximum Gasteiger partial charge on any atom is 0.355 e. The van der Waals surface area contributed by atoms with Gasteiger partial charge >= 0.3 is 11.9 Å². The predicted molar refractivity (Wildman–Crippen MR) is 286 cm³/mol. The van der Waals surface area contributed by atoms with Crippen molar-refractivity contribution in [2.45, 2.75) is 46.1 Å². The highest BCUT2D eigenvalue weighted by molar-refractivity contribution is 6.44. The van der Waals surface area contributed by atoms with Crippen LogP contribution in [0.1, 0.15) is 36.1 Å². The lowest BCUT2D eigenvalue weighted by Crippen LogP contribution is -2.35. The van der Waals surface area contributed by atoms with Gasteiger partial charge in [-0.1, -0.05) is 121 Å². The van der Waals surface area contributed by atoms with Crippen LogP contribution in [0.15, 0.2) is 139 Å². The van der Waals surface area contributed by atoms with E-state index in [1.54, 1.807) is 13.8 Å². The summed E-state index contributed by atoms with van der Waals surface area (Å²) in [4.78, 5) is 101. The van der Waals surface area contributed by atoms with Crippen molar-refractivity contribution in [1.29, 1.82) is 0 Å². The van der Waals surface area contributed by atoms with Crippen molar-refractivity contribution in [1.82, 2.24) is 30.3 Å². The first-order chi connectivity index (χ1) is 38.4. The molecule has 4 saturated heterocycles. The molecular weight excluding hydrogens is 1010 g/mol. The average molecular weight is 1080 g/mol. The standard InChI is InChI=1S/C15H15N3O4.C15H15NO4.C13H17NO.C11H9NO2.C6H11NO/c1-2-22-15(21)12-10-11(16-17-12)14(20)18(13(10)19)8-9-6-4-3-5-7-9;1-2-20-15(19)12-10-11(12)14(18)16(13(10)17)8-9-6-4-3-5-7-9;15-9-13-11-7-14(8-12(11)13)6-10-4-2-1-3-5-10;13-10-6-7-11(14)12(10)8-9-4-2-1-3-5-9;8-3-6-4-1-7-2-5(4)6/h3-7,10-11,16H,2,8H2,1H3;3-7,10-12H,2,8H2,1H3;1-5,11-13,15H,6-9H2;1-7H,8H2;4-8H,1-3H2. The number of ether oxygens (including phenoxy) is 2. The van der Waals surface area contributed by atoms with Gasteiger partial charge < -0.3 is 25.0 Å². The van der Waals surface area contributed by atoms with Crippen molar-refractivity contribution < 1.29 is 58.0 Å². The van der Waals surface area contributed by atoms with Crippen LogP contribution in [0.2, 0.25) is 0 Å². The van der Waals surface area contributed by atoms with E-state index in [-0.39, 0.29) is 61.6 Å². The van der Waals surface area contributed by atoms with Gasteiger partial charge in [0.2, 0.25) is 17.7 Å². The minimum atomic E-state index is -0.893. The third kappa shape index (κ3) is 12.8. The normalized spacial score (nSPS) is 27.8. The Morgan fingerprint density at radius 2 is 0.962 bits per heavy atom. The van der Waals surface area contributed by atoms with Crippen molar-refractivity contribution in [2.24, 2.45) is 64.3 Å². The highest BCUT2D eigenvalue weighted by Gasteiger charge is 2.70. The number of hydrazone groups is 1. The molecule has 7 fully saturated rings. The zero-order valence-corrected chi connectivity index (χ0v) is 44.3. The van der Waals surface area contributed by atoms with Gasteiger partial charge in [0.1, 0.15) is 12.0 Å². The van der Waals surface area contributed by atoms with Crippen LogP contribution in [0.4, 0.5) is 0 Å². The second-order valence-electron chi connectivity index (χ2n) is 20.9. The highest BCUT2D eigenvalue weighted by atomic mass is 16.5. The van der Waals surface area contributed by atoms with E-state index in [2.05, 4.69) is 51.1 Å². The molecule has 6 amide bonds. The summed E-state index contributed by atoms with van der Waals surface area (Å²) in [6.07, 6.45) is 2.59. The van der Waals surface area contributed by atoms with Crippen LogP contribution >= 0.6 is 0 Å². The summed E-state index contributed by atoms with van der Waals surface area (Å²) in [6, 6.07) is 37.8. The molecule has 414 valence electrons. The number of fused-ring (bicyclic) bond motifs is 4. The number of nitrogens with zero attached hydrogens (tertiary/aromatic N) is 5. The number of hydrogen-bond acceptors (Lipinski definition) is 16. The molecule has 19 nitrogen and oxygen atoms in total. The van der Waals surface area contributed by atoms with E-state index in [0.717, 1.165) is 64.9 Å². The molecule has 19 heteroatoms. The minimum absolute atomic E-state index is 0.0271. The van der Waals surface area contributed by atoms with E-state index in [1.807, 2.05) is 91.0 Å². The van der Waals surface area contributed by atoms with Crippen molar-refractivity contribution in [3.8, 4) is 0 Å². The Bertz CT molecular complexity index is 2860. The second kappa shape index (κ2) is 25.4. The first-order valence-electron chi connectivity index (χ1n) is 27.1. The van der Waals surface area contributed by atoms with Gasteiger partial charge in [0.25, 0.3) is 17.7 Å². The fourth-order valence-electron chi connectivity index (χ4n) is 11.6. The number of amides is 6. The number of benzene rings is 4. The molecule has 6 heterocycles. The molecule has 9 aliphatic rings. The van der Waals surface area contributed by atoms with Crippen LogP contribution < -0.4 is 10.7 Å². The molecule has 3 aliphatic carbocycles. The lowest BCUT2D eigenvalue weighted by molar-refractivity contribution is -0.152. The maximum atomic E-state index is 12.5. The van der Waals surface area contributed by atoms with Crippen LogP contribution in [0.5, 0.6) is 0 Å². The van der Waals surface area contributed by atoms with E-state index in [0.29, 0.717) is 31.6 Å². The van der Waals surface area contributed by atoms with Gasteiger partial charge in [0.15, 0.2) is 5.71 Å². The minimum Gasteiger partial charge on any atom is -0.466 e. The van der Waals surface area contributed by atoms with Crippen LogP contribution in [-0.2, 0) is 74.0 Å². The molecule has 0 bridgehead atoms. The maximum absolute atomic E-state index is 12.5. The number of esters is 2. The van der Waals surface area contributed by atoms with Crippen molar-refractivity contribution in [3.05, 3.63) is 156 Å². The summed E-state index contributed by atoms with van der Waals surface area (Å²) in [5.74, 6) is -0.758. The van der Waals surface area contributed by atoms with Gasteiger partial charge in [-0.25, -0.2) is 4.79 Å². The monoisotopic (exact) mass is 1080 g/mol. The smallest absolute Gasteiger partial charge is 0.355 e. The molecule has 79 heavy (non-hydrogen) atoms. The number of carbonyl (C=O) groups excluding carboxylic acids is 8. The topological polar surface area (TPSA) is 245 Å². The Morgan fingerprint density at radius 3 is 1.39 bits per heavy atom. The zero-order valence-electron chi connectivity index (χ0n) is 44.3. The van der Waals surface area contributed by atoms with E-state index in [9.17, 15) is 38.4 Å². The lowest BCUT2D eigenvalue weighted by atomic mass is 9.99. The third-order valence-electron chi connectivity index (χ3n) is 16.0. The number of rotatable bonds is 14. The molecule has 4 aromatic carbocycles. The van der Waals surface area contributed by atoms with Crippen molar-refractivity contribution in [2.75, 3.05) is 52.6 Å². The molecule has 3 saturated carbocycles. The Labute approximate surface area is 458 Å². The number of likely N-dealkylation sites (tertiary alicyclic amines) is 3. The Hall–Kier alpha value is -7.71. The highest BCUT2D eigenvalue weighted by Crippen LogP contribution is 2.54. The number of nitrogens with one attached hydrogen (secondary N) is 2. The quantitative estimate of drug-likeness (QED) is 0.105. The molecule has 4 aromatic rings. The van der Waals surface area contributed by atoms with Gasteiger partial charge in [-0.3, -0.25) is 58.6 Å². The van der Waals surface area contributed by atoms with Crippen molar-refractivity contribution >= 4 is 53.1 Å². The third-order valence-corrected chi connectivity index (χ3v) is 16.0. The number of imide groups is 3. The predicted octanol–water partition coefficient (Wildman–Crippen LogP) is 2.96. The summed E-state index contributed by atoms with van der Waals surface area (Å²) in [6.45, 7) is 11.2. The first-order valence-corrected chi connectivity index (χ1v) is 27.1. The molecular formula is C60H67N7O12. The number of hydrogen-bond donors (Lipinski definition) is 4. The molecule has 8 unspecified atom stereocenters. The van der Waals surface area contributed by atoms with Crippen LogP contribution in [0.25, 0.3) is 0 Å².